The third-order valence-corrected chi connectivity index (χ3v) is 3.02. The zero-order valence-electron chi connectivity index (χ0n) is 5.59. The van der Waals surface area contributed by atoms with Crippen molar-refractivity contribution in [2.24, 2.45) is 5.92 Å². The van der Waals surface area contributed by atoms with Crippen molar-refractivity contribution < 1.29 is 9.90 Å². The molecule has 0 saturated carbocycles. The fourth-order valence-electron chi connectivity index (χ4n) is 1.13. The van der Waals surface area contributed by atoms with Gasteiger partial charge in [0.2, 0.25) is 0 Å². The van der Waals surface area contributed by atoms with Crippen LogP contribution in [0.5, 0.6) is 0 Å². The van der Waals surface area contributed by atoms with Crippen LogP contribution in [0.4, 0.5) is 4.79 Å². The van der Waals surface area contributed by atoms with Gasteiger partial charge in [-0.2, -0.15) is 0 Å². The normalized spacial score (nSPS) is 25.3. The number of hydrogen-bond donors (Lipinski definition) is 1. The smallest absolute Gasteiger partial charge is 0.407 e. The molecular formula is C6H10INO2. The lowest BCUT2D eigenvalue weighted by molar-refractivity contribution is 0.154. The van der Waals surface area contributed by atoms with E-state index in [9.17, 15) is 4.79 Å². The molecule has 0 spiro atoms. The second-order valence-corrected chi connectivity index (χ2v) is 3.42. The number of carboxylic acid groups (broad SMARTS) is 1. The van der Waals surface area contributed by atoms with Crippen LogP contribution in [0, 0.1) is 5.92 Å². The second-order valence-electron chi connectivity index (χ2n) is 2.54. The van der Waals surface area contributed by atoms with Crippen LogP contribution in [0.15, 0.2) is 0 Å². The predicted octanol–water partition coefficient (Wildman–Crippen LogP) is 1.42. The Morgan fingerprint density at radius 3 is 2.80 bits per heavy atom. The Labute approximate surface area is 73.5 Å². The number of halogens is 1. The number of carbonyl (C=O) groups is 1. The average molecular weight is 255 g/mol. The van der Waals surface area contributed by atoms with Crippen molar-refractivity contribution in [2.45, 2.75) is 6.42 Å². The summed E-state index contributed by atoms with van der Waals surface area (Å²) in [6.45, 7) is 1.46. The molecule has 4 heteroatoms. The summed E-state index contributed by atoms with van der Waals surface area (Å²) in [5.74, 6) is 0.594. The Bertz CT molecular complexity index is 140. The first-order chi connectivity index (χ1) is 4.74. The van der Waals surface area contributed by atoms with E-state index in [1.165, 1.54) is 4.90 Å². The van der Waals surface area contributed by atoms with Crippen LogP contribution in [0.25, 0.3) is 0 Å². The molecule has 1 saturated heterocycles. The molecule has 1 aliphatic rings. The van der Waals surface area contributed by atoms with Gasteiger partial charge >= 0.3 is 6.09 Å². The van der Waals surface area contributed by atoms with E-state index in [0.29, 0.717) is 5.92 Å². The van der Waals surface area contributed by atoms with E-state index in [-0.39, 0.29) is 0 Å². The number of alkyl halides is 1. The number of hydrogen-bond acceptors (Lipinski definition) is 1. The second kappa shape index (κ2) is 3.41. The largest absolute Gasteiger partial charge is 0.465 e. The van der Waals surface area contributed by atoms with Crippen LogP contribution in [0.2, 0.25) is 0 Å². The first kappa shape index (κ1) is 8.10. The van der Waals surface area contributed by atoms with Crippen molar-refractivity contribution in [3.8, 4) is 0 Å². The Hall–Kier alpha value is 0. The summed E-state index contributed by atoms with van der Waals surface area (Å²) in [6.07, 6.45) is 0.266. The van der Waals surface area contributed by atoms with Crippen LogP contribution in [0.1, 0.15) is 6.42 Å². The van der Waals surface area contributed by atoms with Gasteiger partial charge < -0.3 is 10.0 Å². The molecular weight excluding hydrogens is 245 g/mol. The molecule has 0 radical (unpaired) electrons. The molecule has 1 N–H and O–H groups in total. The maximum Gasteiger partial charge on any atom is 0.407 e. The van der Waals surface area contributed by atoms with Crippen LogP contribution >= 0.6 is 22.6 Å². The summed E-state index contributed by atoms with van der Waals surface area (Å²) in [6, 6.07) is 0. The standard InChI is InChI=1S/C6H10INO2/c7-3-5-1-2-8(4-5)6(9)10/h5H,1-4H2,(H,9,10)/t5-/m0/s1. The van der Waals surface area contributed by atoms with Gasteiger partial charge in [-0.15, -0.1) is 0 Å². The molecule has 0 unspecified atom stereocenters. The van der Waals surface area contributed by atoms with Crippen molar-refractivity contribution in [1.82, 2.24) is 4.90 Å². The van der Waals surface area contributed by atoms with E-state index in [0.717, 1.165) is 23.9 Å². The van der Waals surface area contributed by atoms with Crippen molar-refractivity contribution >= 4 is 28.7 Å². The summed E-state index contributed by atoms with van der Waals surface area (Å²) < 4.78 is 1.07. The minimum atomic E-state index is -0.771. The molecule has 1 aliphatic heterocycles. The average Bonchev–Trinajstić information content (AvgIpc) is 2.34. The van der Waals surface area contributed by atoms with Gasteiger partial charge in [-0.1, -0.05) is 22.6 Å². The third-order valence-electron chi connectivity index (χ3n) is 1.77. The number of likely N-dealkylation sites (tertiary alicyclic amines) is 1. The van der Waals surface area contributed by atoms with Crippen molar-refractivity contribution in [3.05, 3.63) is 0 Å². The van der Waals surface area contributed by atoms with Gasteiger partial charge in [0.15, 0.2) is 0 Å². The first-order valence-electron chi connectivity index (χ1n) is 3.28. The molecule has 0 aromatic rings. The maximum absolute atomic E-state index is 10.4. The monoisotopic (exact) mass is 255 g/mol. The zero-order valence-corrected chi connectivity index (χ0v) is 7.74. The van der Waals surface area contributed by atoms with Crippen LogP contribution < -0.4 is 0 Å². The van der Waals surface area contributed by atoms with Crippen LogP contribution in [0.3, 0.4) is 0 Å². The van der Waals surface area contributed by atoms with Gasteiger partial charge in [-0.3, -0.25) is 0 Å². The van der Waals surface area contributed by atoms with E-state index in [2.05, 4.69) is 22.6 Å². The van der Waals surface area contributed by atoms with Gasteiger partial charge in [-0.25, -0.2) is 4.79 Å². The molecule has 1 atom stereocenters. The molecule has 0 aromatic heterocycles. The van der Waals surface area contributed by atoms with Crippen LogP contribution in [-0.4, -0.2) is 33.6 Å². The summed E-state index contributed by atoms with van der Waals surface area (Å²) in [4.78, 5) is 11.9. The fraction of sp³-hybridized carbons (Fsp3) is 0.833. The lowest BCUT2D eigenvalue weighted by Crippen LogP contribution is -2.26. The first-order valence-corrected chi connectivity index (χ1v) is 4.80. The Kier molecular flexibility index (Phi) is 2.76. The summed E-state index contributed by atoms with van der Waals surface area (Å²) >= 11 is 2.30. The number of amides is 1. The van der Waals surface area contributed by atoms with Gasteiger partial charge in [0, 0.05) is 17.5 Å². The summed E-state index contributed by atoms with van der Waals surface area (Å²) in [5.41, 5.74) is 0. The Morgan fingerprint density at radius 1 is 1.80 bits per heavy atom. The SMILES string of the molecule is O=C(O)N1CC[C@@H](CI)C1. The molecule has 1 amide bonds. The number of rotatable bonds is 1. The van der Waals surface area contributed by atoms with E-state index in [4.69, 9.17) is 5.11 Å². The van der Waals surface area contributed by atoms with E-state index in [1.807, 2.05) is 0 Å². The minimum Gasteiger partial charge on any atom is -0.465 e. The molecule has 58 valence electrons. The molecule has 1 fully saturated rings. The van der Waals surface area contributed by atoms with E-state index < -0.39 is 6.09 Å². The topological polar surface area (TPSA) is 40.5 Å². The highest BCUT2D eigenvalue weighted by atomic mass is 127. The minimum absolute atomic E-state index is 0.594. The van der Waals surface area contributed by atoms with E-state index >= 15 is 0 Å². The van der Waals surface area contributed by atoms with Gasteiger partial charge in [0.05, 0.1) is 0 Å². The number of nitrogens with zero attached hydrogens (tertiary/aromatic N) is 1. The van der Waals surface area contributed by atoms with Gasteiger partial charge in [0.25, 0.3) is 0 Å². The fourth-order valence-corrected chi connectivity index (χ4v) is 1.85. The lowest BCUT2D eigenvalue weighted by atomic mass is 10.2. The molecule has 0 bridgehead atoms. The molecule has 10 heavy (non-hydrogen) atoms. The molecule has 0 aromatic carbocycles. The zero-order chi connectivity index (χ0) is 7.56. The Morgan fingerprint density at radius 2 is 2.50 bits per heavy atom. The van der Waals surface area contributed by atoms with Crippen LogP contribution in [-0.2, 0) is 0 Å². The van der Waals surface area contributed by atoms with Crippen molar-refractivity contribution in [3.63, 3.8) is 0 Å². The van der Waals surface area contributed by atoms with Crippen molar-refractivity contribution in [2.75, 3.05) is 17.5 Å². The summed E-state index contributed by atoms with van der Waals surface area (Å²) in [5, 5.41) is 8.55. The maximum atomic E-state index is 10.4. The highest BCUT2D eigenvalue weighted by molar-refractivity contribution is 14.1. The van der Waals surface area contributed by atoms with Gasteiger partial charge in [-0.05, 0) is 12.3 Å². The summed E-state index contributed by atoms with van der Waals surface area (Å²) in [7, 11) is 0. The Balaban J connectivity index is 2.35. The van der Waals surface area contributed by atoms with Gasteiger partial charge in [0.1, 0.15) is 0 Å². The molecule has 1 heterocycles. The van der Waals surface area contributed by atoms with E-state index in [1.54, 1.807) is 0 Å². The van der Waals surface area contributed by atoms with Crippen molar-refractivity contribution in [1.29, 1.82) is 0 Å². The predicted molar refractivity (Wildman–Crippen MR) is 46.6 cm³/mol. The lowest BCUT2D eigenvalue weighted by Gasteiger charge is -2.09. The highest BCUT2D eigenvalue weighted by Gasteiger charge is 2.24. The molecule has 3 nitrogen and oxygen atoms in total. The highest BCUT2D eigenvalue weighted by Crippen LogP contribution is 2.17. The molecule has 1 rings (SSSR count). The third kappa shape index (κ3) is 1.74. The molecule has 0 aliphatic carbocycles. The quantitative estimate of drug-likeness (QED) is 0.568.